The Labute approximate surface area is 119 Å². The van der Waals surface area contributed by atoms with Crippen LogP contribution in [0.4, 0.5) is 0 Å². The van der Waals surface area contributed by atoms with Crippen molar-refractivity contribution in [3.8, 4) is 5.75 Å². The van der Waals surface area contributed by atoms with Gasteiger partial charge >= 0.3 is 0 Å². The summed E-state index contributed by atoms with van der Waals surface area (Å²) < 4.78 is 5.81. The molecule has 0 saturated carbocycles. The number of rotatable bonds is 5. The molecule has 2 heterocycles. The van der Waals surface area contributed by atoms with E-state index in [-0.39, 0.29) is 0 Å². The number of likely N-dealkylation sites (tertiary alicyclic amines) is 1. The summed E-state index contributed by atoms with van der Waals surface area (Å²) in [5.41, 5.74) is 0.991. The van der Waals surface area contributed by atoms with E-state index >= 15 is 0 Å². The van der Waals surface area contributed by atoms with Crippen molar-refractivity contribution in [2.75, 3.05) is 32.8 Å². The predicted octanol–water partition coefficient (Wildman–Crippen LogP) is 1.93. The highest BCUT2D eigenvalue weighted by molar-refractivity contribution is 5.79. The SMILES string of the molecule is OCC1CCN(CCOc2ccc3ncccc3c2)C1. The Hall–Kier alpha value is -1.65. The number of aliphatic hydroxyl groups is 1. The lowest BCUT2D eigenvalue weighted by Gasteiger charge is -2.16. The van der Waals surface area contributed by atoms with Crippen molar-refractivity contribution in [1.29, 1.82) is 0 Å². The molecule has 1 aromatic carbocycles. The molecule has 20 heavy (non-hydrogen) atoms. The molecule has 0 amide bonds. The number of hydrogen-bond donors (Lipinski definition) is 1. The van der Waals surface area contributed by atoms with Gasteiger partial charge in [0.25, 0.3) is 0 Å². The maximum atomic E-state index is 9.12. The van der Waals surface area contributed by atoms with Crippen LogP contribution in [0.1, 0.15) is 6.42 Å². The smallest absolute Gasteiger partial charge is 0.120 e. The van der Waals surface area contributed by atoms with Gasteiger partial charge in [0.05, 0.1) is 5.52 Å². The number of aliphatic hydroxyl groups excluding tert-OH is 1. The molecule has 1 saturated heterocycles. The third-order valence-electron chi connectivity index (χ3n) is 3.88. The van der Waals surface area contributed by atoms with Gasteiger partial charge in [0.1, 0.15) is 12.4 Å². The van der Waals surface area contributed by atoms with Gasteiger partial charge < -0.3 is 9.84 Å². The van der Waals surface area contributed by atoms with E-state index in [4.69, 9.17) is 9.84 Å². The molecule has 1 unspecified atom stereocenters. The van der Waals surface area contributed by atoms with E-state index in [2.05, 4.69) is 9.88 Å². The maximum absolute atomic E-state index is 9.12. The molecule has 1 aliphatic rings. The summed E-state index contributed by atoms with van der Waals surface area (Å²) in [5, 5.41) is 10.2. The lowest BCUT2D eigenvalue weighted by Crippen LogP contribution is -2.26. The van der Waals surface area contributed by atoms with Gasteiger partial charge in [-0.1, -0.05) is 6.07 Å². The van der Waals surface area contributed by atoms with Crippen LogP contribution in [0.25, 0.3) is 10.9 Å². The van der Waals surface area contributed by atoms with Crippen LogP contribution < -0.4 is 4.74 Å². The fraction of sp³-hybridized carbons (Fsp3) is 0.438. The fourth-order valence-corrected chi connectivity index (χ4v) is 2.70. The summed E-state index contributed by atoms with van der Waals surface area (Å²) in [7, 11) is 0. The van der Waals surface area contributed by atoms with E-state index in [9.17, 15) is 0 Å². The van der Waals surface area contributed by atoms with Crippen molar-refractivity contribution in [1.82, 2.24) is 9.88 Å². The molecule has 0 spiro atoms. The van der Waals surface area contributed by atoms with E-state index in [1.807, 2.05) is 30.3 Å². The molecule has 106 valence electrons. The summed E-state index contributed by atoms with van der Waals surface area (Å²) in [5.74, 6) is 1.34. The topological polar surface area (TPSA) is 45.6 Å². The predicted molar refractivity (Wildman–Crippen MR) is 78.9 cm³/mol. The number of pyridine rings is 1. The lowest BCUT2D eigenvalue weighted by atomic mass is 10.1. The molecule has 0 bridgehead atoms. The van der Waals surface area contributed by atoms with Gasteiger partial charge in [0.15, 0.2) is 0 Å². The number of aromatic nitrogens is 1. The summed E-state index contributed by atoms with van der Waals surface area (Å²) in [4.78, 5) is 6.65. The van der Waals surface area contributed by atoms with Crippen LogP contribution in [-0.2, 0) is 0 Å². The van der Waals surface area contributed by atoms with E-state index < -0.39 is 0 Å². The Morgan fingerprint density at radius 3 is 3.15 bits per heavy atom. The molecule has 0 radical (unpaired) electrons. The maximum Gasteiger partial charge on any atom is 0.120 e. The largest absolute Gasteiger partial charge is 0.492 e. The summed E-state index contributed by atoms with van der Waals surface area (Å²) in [6.45, 7) is 3.96. The third-order valence-corrected chi connectivity index (χ3v) is 3.88. The standard InChI is InChI=1S/C16H20N2O2/c19-12-13-5-7-18(11-13)8-9-20-15-3-4-16-14(10-15)2-1-6-17-16/h1-4,6,10,13,19H,5,7-9,11-12H2. The van der Waals surface area contributed by atoms with E-state index in [0.717, 1.165) is 42.7 Å². The van der Waals surface area contributed by atoms with Gasteiger partial charge in [-0.05, 0) is 43.1 Å². The average molecular weight is 272 g/mol. The average Bonchev–Trinajstić information content (AvgIpc) is 2.95. The third kappa shape index (κ3) is 3.08. The van der Waals surface area contributed by atoms with Crippen LogP contribution in [0.15, 0.2) is 36.5 Å². The molecule has 0 aliphatic carbocycles. The second-order valence-electron chi connectivity index (χ2n) is 5.34. The minimum Gasteiger partial charge on any atom is -0.492 e. The molecular weight excluding hydrogens is 252 g/mol. The van der Waals surface area contributed by atoms with Crippen molar-refractivity contribution in [2.45, 2.75) is 6.42 Å². The van der Waals surface area contributed by atoms with Gasteiger partial charge in [0.2, 0.25) is 0 Å². The zero-order valence-corrected chi connectivity index (χ0v) is 11.5. The normalized spacial score (nSPS) is 19.6. The monoisotopic (exact) mass is 272 g/mol. The molecular formula is C16H20N2O2. The summed E-state index contributed by atoms with van der Waals surface area (Å²) in [6, 6.07) is 9.97. The minimum atomic E-state index is 0.301. The van der Waals surface area contributed by atoms with Gasteiger partial charge in [0, 0.05) is 31.3 Å². The summed E-state index contributed by atoms with van der Waals surface area (Å²) in [6.07, 6.45) is 2.89. The first kappa shape index (κ1) is 13.3. The molecule has 1 fully saturated rings. The molecule has 3 rings (SSSR count). The Kier molecular flexibility index (Phi) is 4.14. The minimum absolute atomic E-state index is 0.301. The molecule has 1 aliphatic heterocycles. The van der Waals surface area contributed by atoms with Gasteiger partial charge in [-0.25, -0.2) is 0 Å². The highest BCUT2D eigenvalue weighted by Gasteiger charge is 2.21. The van der Waals surface area contributed by atoms with Crippen LogP contribution in [-0.4, -0.2) is 47.8 Å². The van der Waals surface area contributed by atoms with Crippen LogP contribution in [0.3, 0.4) is 0 Å². The van der Waals surface area contributed by atoms with Crippen LogP contribution in [0.5, 0.6) is 5.75 Å². The molecule has 1 aromatic heterocycles. The summed E-state index contributed by atoms with van der Waals surface area (Å²) >= 11 is 0. The highest BCUT2D eigenvalue weighted by Crippen LogP contribution is 2.19. The number of ether oxygens (including phenoxy) is 1. The highest BCUT2D eigenvalue weighted by atomic mass is 16.5. The Bertz CT molecular complexity index is 573. The van der Waals surface area contributed by atoms with Gasteiger partial charge in [-0.2, -0.15) is 0 Å². The van der Waals surface area contributed by atoms with Crippen molar-refractivity contribution < 1.29 is 9.84 Å². The molecule has 1 atom stereocenters. The van der Waals surface area contributed by atoms with Crippen molar-refractivity contribution in [3.63, 3.8) is 0 Å². The number of fused-ring (bicyclic) bond motifs is 1. The fourth-order valence-electron chi connectivity index (χ4n) is 2.70. The van der Waals surface area contributed by atoms with Crippen LogP contribution in [0, 0.1) is 5.92 Å². The first-order valence-electron chi connectivity index (χ1n) is 7.16. The number of benzene rings is 1. The Morgan fingerprint density at radius 2 is 2.30 bits per heavy atom. The molecule has 4 heteroatoms. The van der Waals surface area contributed by atoms with Gasteiger partial charge in [-0.3, -0.25) is 9.88 Å². The van der Waals surface area contributed by atoms with Crippen molar-refractivity contribution >= 4 is 10.9 Å². The van der Waals surface area contributed by atoms with E-state index in [0.29, 0.717) is 19.1 Å². The number of nitrogens with zero attached hydrogens (tertiary/aromatic N) is 2. The van der Waals surface area contributed by atoms with Crippen molar-refractivity contribution in [2.24, 2.45) is 5.92 Å². The van der Waals surface area contributed by atoms with E-state index in [1.54, 1.807) is 6.20 Å². The lowest BCUT2D eigenvalue weighted by molar-refractivity contribution is 0.204. The van der Waals surface area contributed by atoms with Gasteiger partial charge in [-0.15, -0.1) is 0 Å². The molecule has 1 N–H and O–H groups in total. The number of hydrogen-bond acceptors (Lipinski definition) is 4. The first-order chi connectivity index (χ1) is 9.85. The quantitative estimate of drug-likeness (QED) is 0.903. The first-order valence-corrected chi connectivity index (χ1v) is 7.16. The second-order valence-corrected chi connectivity index (χ2v) is 5.34. The second kappa shape index (κ2) is 6.20. The van der Waals surface area contributed by atoms with E-state index in [1.165, 1.54) is 0 Å². The zero-order valence-electron chi connectivity index (χ0n) is 11.5. The molecule has 2 aromatic rings. The Balaban J connectivity index is 1.52. The van der Waals surface area contributed by atoms with Crippen LogP contribution in [0.2, 0.25) is 0 Å². The zero-order chi connectivity index (χ0) is 13.8. The molecule has 4 nitrogen and oxygen atoms in total. The van der Waals surface area contributed by atoms with Crippen LogP contribution >= 0.6 is 0 Å². The van der Waals surface area contributed by atoms with Crippen molar-refractivity contribution in [3.05, 3.63) is 36.5 Å². The Morgan fingerprint density at radius 1 is 1.35 bits per heavy atom.